The predicted octanol–water partition coefficient (Wildman–Crippen LogP) is 1.62. The molecule has 6 nitrogen and oxygen atoms in total. The van der Waals surface area contributed by atoms with Crippen LogP contribution in [0, 0.1) is 5.21 Å². The van der Waals surface area contributed by atoms with Gasteiger partial charge in [-0.05, 0) is 25.5 Å². The Labute approximate surface area is 104 Å². The van der Waals surface area contributed by atoms with E-state index in [1.165, 1.54) is 25.1 Å². The topological polar surface area (TPSA) is 89.9 Å². The van der Waals surface area contributed by atoms with Crippen LogP contribution in [-0.2, 0) is 14.3 Å². The van der Waals surface area contributed by atoms with Crippen molar-refractivity contribution in [3.63, 3.8) is 0 Å². The normalized spacial score (nSPS) is 11.8. The van der Waals surface area contributed by atoms with Crippen molar-refractivity contribution in [2.75, 3.05) is 11.8 Å². The lowest BCUT2D eigenvalue weighted by molar-refractivity contribution is -0.147. The first-order chi connectivity index (χ1) is 8.49. The van der Waals surface area contributed by atoms with Gasteiger partial charge in [-0.25, -0.2) is 0 Å². The molecule has 0 saturated heterocycles. The Morgan fingerprint density at radius 2 is 2.06 bits per heavy atom. The third-order valence-electron chi connectivity index (χ3n) is 2.38. The monoisotopic (exact) mass is 252 g/mol. The molecule has 0 amide bonds. The number of rotatable bonds is 5. The minimum atomic E-state index is -1.20. The Morgan fingerprint density at radius 3 is 2.56 bits per heavy atom. The van der Waals surface area contributed by atoms with Crippen LogP contribution in [-0.4, -0.2) is 23.6 Å². The number of esters is 1. The second-order valence-electron chi connectivity index (χ2n) is 3.63. The molecule has 0 aliphatic heterocycles. The third-order valence-corrected chi connectivity index (χ3v) is 2.38. The lowest BCUT2D eigenvalue weighted by atomic mass is 9.94. The maximum Gasteiger partial charge on any atom is 0.321 e. The number of ether oxygens (including phenoxy) is 1. The van der Waals surface area contributed by atoms with E-state index in [9.17, 15) is 14.8 Å². The van der Waals surface area contributed by atoms with Crippen LogP contribution in [0.1, 0.15) is 25.3 Å². The molecule has 98 valence electrons. The number of benzene rings is 1. The van der Waals surface area contributed by atoms with Crippen LogP contribution in [0.3, 0.4) is 0 Å². The summed E-state index contributed by atoms with van der Waals surface area (Å²) >= 11 is 0. The fraction of sp³-hybridized carbons (Fsp3) is 0.333. The van der Waals surface area contributed by atoms with Crippen molar-refractivity contribution in [3.8, 4) is 0 Å². The first-order valence-corrected chi connectivity index (χ1v) is 5.41. The van der Waals surface area contributed by atoms with Crippen LogP contribution in [0.5, 0.6) is 0 Å². The van der Waals surface area contributed by atoms with E-state index >= 15 is 0 Å². The SMILES string of the molecule is CCOC(=O)[C@@H](C(C)=O)c1ccccc1N([O-])O. The van der Waals surface area contributed by atoms with E-state index in [2.05, 4.69) is 0 Å². The van der Waals surface area contributed by atoms with Crippen molar-refractivity contribution in [3.05, 3.63) is 35.0 Å². The highest BCUT2D eigenvalue weighted by Gasteiger charge is 2.29. The van der Waals surface area contributed by atoms with Crippen molar-refractivity contribution in [1.82, 2.24) is 0 Å². The van der Waals surface area contributed by atoms with E-state index in [1.807, 2.05) is 0 Å². The summed E-state index contributed by atoms with van der Waals surface area (Å²) in [5.74, 6) is -2.40. The molecule has 0 unspecified atom stereocenters. The zero-order valence-electron chi connectivity index (χ0n) is 10.1. The van der Waals surface area contributed by atoms with E-state index in [0.29, 0.717) is 0 Å². The maximum absolute atomic E-state index is 11.7. The van der Waals surface area contributed by atoms with Gasteiger partial charge in [-0.2, -0.15) is 0 Å². The highest BCUT2D eigenvalue weighted by molar-refractivity contribution is 6.04. The molecule has 18 heavy (non-hydrogen) atoms. The molecule has 0 spiro atoms. The van der Waals surface area contributed by atoms with Gasteiger partial charge in [-0.3, -0.25) is 14.8 Å². The van der Waals surface area contributed by atoms with Crippen LogP contribution in [0.4, 0.5) is 5.69 Å². The van der Waals surface area contributed by atoms with Crippen LogP contribution >= 0.6 is 0 Å². The molecule has 6 heteroatoms. The molecular weight excluding hydrogens is 238 g/mol. The van der Waals surface area contributed by atoms with Crippen LogP contribution < -0.4 is 5.23 Å². The van der Waals surface area contributed by atoms with Gasteiger partial charge < -0.3 is 15.2 Å². The van der Waals surface area contributed by atoms with E-state index in [4.69, 9.17) is 9.94 Å². The van der Waals surface area contributed by atoms with Gasteiger partial charge in [0, 0.05) is 0 Å². The summed E-state index contributed by atoms with van der Waals surface area (Å²) in [5, 5.41) is 19.6. The van der Waals surface area contributed by atoms with Crippen molar-refractivity contribution in [1.29, 1.82) is 0 Å². The van der Waals surface area contributed by atoms with Crippen molar-refractivity contribution < 1.29 is 19.5 Å². The van der Waals surface area contributed by atoms with Gasteiger partial charge in [0.15, 0.2) is 0 Å². The van der Waals surface area contributed by atoms with Crippen LogP contribution in [0.15, 0.2) is 24.3 Å². The Balaban J connectivity index is 3.22. The molecule has 1 rings (SSSR count). The fourth-order valence-corrected chi connectivity index (χ4v) is 1.64. The average molecular weight is 252 g/mol. The Bertz CT molecular complexity index is 444. The highest BCUT2D eigenvalue weighted by Crippen LogP contribution is 2.28. The van der Waals surface area contributed by atoms with Gasteiger partial charge in [-0.15, -0.1) is 0 Å². The summed E-state index contributed by atoms with van der Waals surface area (Å²) < 4.78 is 4.79. The summed E-state index contributed by atoms with van der Waals surface area (Å²) in [4.78, 5) is 23.2. The van der Waals surface area contributed by atoms with Crippen molar-refractivity contribution >= 4 is 17.4 Å². The fourth-order valence-electron chi connectivity index (χ4n) is 1.64. The van der Waals surface area contributed by atoms with Crippen LogP contribution in [0.25, 0.3) is 0 Å². The van der Waals surface area contributed by atoms with Gasteiger partial charge in [0.2, 0.25) is 0 Å². The molecule has 1 aromatic carbocycles. The number of anilines is 1. The number of hydrogen-bond donors (Lipinski definition) is 1. The summed E-state index contributed by atoms with van der Waals surface area (Å²) in [6.45, 7) is 2.98. The smallest absolute Gasteiger partial charge is 0.321 e. The molecule has 0 aromatic heterocycles. The molecule has 0 heterocycles. The van der Waals surface area contributed by atoms with Gasteiger partial charge in [0.25, 0.3) is 0 Å². The molecule has 1 aromatic rings. The third kappa shape index (κ3) is 3.06. The van der Waals surface area contributed by atoms with E-state index < -0.39 is 17.7 Å². The Hall–Kier alpha value is -1.92. The van der Waals surface area contributed by atoms with Gasteiger partial charge >= 0.3 is 5.97 Å². The van der Waals surface area contributed by atoms with E-state index in [0.717, 1.165) is 0 Å². The minimum absolute atomic E-state index is 0.126. The summed E-state index contributed by atoms with van der Waals surface area (Å²) in [7, 11) is 0. The van der Waals surface area contributed by atoms with Gasteiger partial charge in [0.05, 0.1) is 12.3 Å². The van der Waals surface area contributed by atoms with Crippen molar-refractivity contribution in [2.24, 2.45) is 0 Å². The first kappa shape index (κ1) is 14.1. The van der Waals surface area contributed by atoms with Gasteiger partial charge in [0.1, 0.15) is 11.7 Å². The van der Waals surface area contributed by atoms with E-state index in [1.54, 1.807) is 13.0 Å². The first-order valence-electron chi connectivity index (χ1n) is 5.41. The maximum atomic E-state index is 11.7. The summed E-state index contributed by atoms with van der Waals surface area (Å²) in [6.07, 6.45) is 0. The van der Waals surface area contributed by atoms with E-state index in [-0.39, 0.29) is 23.1 Å². The number of ketones is 1. The molecular formula is C12H14NO5-. The number of carbonyl (C=O) groups is 2. The Morgan fingerprint density at radius 1 is 1.44 bits per heavy atom. The Kier molecular flexibility index (Phi) is 4.82. The lowest BCUT2D eigenvalue weighted by Crippen LogP contribution is -2.24. The average Bonchev–Trinajstić information content (AvgIpc) is 2.29. The zero-order chi connectivity index (χ0) is 13.7. The zero-order valence-corrected chi connectivity index (χ0v) is 10.1. The largest absolute Gasteiger partial charge is 0.733 e. The van der Waals surface area contributed by atoms with Crippen molar-refractivity contribution in [2.45, 2.75) is 19.8 Å². The molecule has 0 aliphatic rings. The molecule has 1 N–H and O–H groups in total. The number of para-hydroxylation sites is 1. The molecule has 0 saturated carbocycles. The number of hydrogen-bond acceptors (Lipinski definition) is 6. The van der Waals surface area contributed by atoms with Gasteiger partial charge in [-0.1, -0.05) is 18.2 Å². The second kappa shape index (κ2) is 6.13. The molecule has 1 atom stereocenters. The molecule has 0 fully saturated rings. The quantitative estimate of drug-likeness (QED) is 0.486. The predicted molar refractivity (Wildman–Crippen MR) is 64.1 cm³/mol. The molecule has 0 aliphatic carbocycles. The minimum Gasteiger partial charge on any atom is -0.733 e. The lowest BCUT2D eigenvalue weighted by Gasteiger charge is -2.26. The number of nitrogens with zero attached hydrogens (tertiary/aromatic N) is 1. The summed E-state index contributed by atoms with van der Waals surface area (Å²) in [5.41, 5.74) is -0.0216. The molecule has 0 radical (unpaired) electrons. The number of carbonyl (C=O) groups excluding carboxylic acids is 2. The number of Topliss-reactive ketones (excluding diaryl/α,β-unsaturated/α-hetero) is 1. The second-order valence-corrected chi connectivity index (χ2v) is 3.63. The standard InChI is InChI=1S/C12H14NO5/c1-3-18-12(15)11(8(2)14)9-6-4-5-7-10(9)13(16)17/h4-7,11,16H,3H2,1-2H3/q-1/t11-/m0/s1. The summed E-state index contributed by atoms with van der Waals surface area (Å²) in [6, 6.07) is 5.83. The van der Waals surface area contributed by atoms with Crippen LogP contribution in [0.2, 0.25) is 0 Å². The molecule has 0 bridgehead atoms. The highest BCUT2D eigenvalue weighted by atomic mass is 16.8.